The van der Waals surface area contributed by atoms with Crippen molar-refractivity contribution in [2.45, 2.75) is 26.2 Å². The van der Waals surface area contributed by atoms with Crippen LogP contribution in [-0.4, -0.2) is 27.8 Å². The quantitative estimate of drug-likeness (QED) is 0.656. The lowest BCUT2D eigenvalue weighted by molar-refractivity contribution is 0.0695. The molecule has 1 aromatic heterocycles. The SMILES string of the molecule is CC(C)CC(CO)c1cc2[nH]cc(C(=O)O)c(=O)c2cc1I. The third-order valence-electron chi connectivity index (χ3n) is 3.64. The summed E-state index contributed by atoms with van der Waals surface area (Å²) >= 11 is 2.13. The van der Waals surface area contributed by atoms with E-state index in [-0.39, 0.29) is 18.1 Å². The minimum atomic E-state index is -1.24. The van der Waals surface area contributed by atoms with Crippen LogP contribution in [0.4, 0.5) is 0 Å². The zero-order valence-electron chi connectivity index (χ0n) is 12.4. The fourth-order valence-electron chi connectivity index (χ4n) is 2.60. The minimum Gasteiger partial charge on any atom is -0.477 e. The van der Waals surface area contributed by atoms with E-state index in [9.17, 15) is 14.7 Å². The molecule has 3 N–H and O–H groups in total. The van der Waals surface area contributed by atoms with Gasteiger partial charge >= 0.3 is 5.97 Å². The van der Waals surface area contributed by atoms with Gasteiger partial charge in [0.15, 0.2) is 0 Å². The number of aromatic carboxylic acids is 1. The number of rotatable bonds is 5. The highest BCUT2D eigenvalue weighted by Crippen LogP contribution is 2.29. The van der Waals surface area contributed by atoms with E-state index >= 15 is 0 Å². The van der Waals surface area contributed by atoms with Crippen LogP contribution in [0.5, 0.6) is 0 Å². The number of benzene rings is 1. The summed E-state index contributed by atoms with van der Waals surface area (Å²) in [6, 6.07) is 3.53. The predicted octanol–water partition coefficient (Wildman–Crippen LogP) is 2.95. The smallest absolute Gasteiger partial charge is 0.341 e. The number of carboxylic acids is 1. The molecule has 0 amide bonds. The Bertz CT molecular complexity index is 767. The topological polar surface area (TPSA) is 90.4 Å². The molecule has 0 bridgehead atoms. The molecule has 22 heavy (non-hydrogen) atoms. The zero-order chi connectivity index (χ0) is 16.4. The second-order valence-electron chi connectivity index (χ2n) is 5.76. The third kappa shape index (κ3) is 3.33. The summed E-state index contributed by atoms with van der Waals surface area (Å²) in [6.45, 7) is 4.23. The van der Waals surface area contributed by atoms with Gasteiger partial charge in [-0.2, -0.15) is 0 Å². The highest BCUT2D eigenvalue weighted by molar-refractivity contribution is 14.1. The van der Waals surface area contributed by atoms with Crippen LogP contribution in [-0.2, 0) is 0 Å². The monoisotopic (exact) mass is 415 g/mol. The maximum atomic E-state index is 12.2. The fourth-order valence-corrected chi connectivity index (χ4v) is 3.51. The first-order valence-corrected chi connectivity index (χ1v) is 8.12. The van der Waals surface area contributed by atoms with E-state index < -0.39 is 11.4 Å². The van der Waals surface area contributed by atoms with Gasteiger partial charge in [-0.15, -0.1) is 0 Å². The van der Waals surface area contributed by atoms with Crippen LogP contribution in [0, 0.1) is 9.49 Å². The number of nitrogens with one attached hydrogen (secondary N) is 1. The van der Waals surface area contributed by atoms with Gasteiger partial charge in [0, 0.05) is 33.2 Å². The highest BCUT2D eigenvalue weighted by Gasteiger charge is 2.18. The van der Waals surface area contributed by atoms with E-state index in [2.05, 4.69) is 41.4 Å². The molecule has 118 valence electrons. The van der Waals surface area contributed by atoms with Crippen molar-refractivity contribution in [3.8, 4) is 0 Å². The Balaban J connectivity index is 2.61. The molecular formula is C16H18INO4. The van der Waals surface area contributed by atoms with Crippen molar-refractivity contribution in [2.75, 3.05) is 6.61 Å². The molecule has 0 aliphatic heterocycles. The van der Waals surface area contributed by atoms with Gasteiger partial charge < -0.3 is 15.2 Å². The summed E-state index contributed by atoms with van der Waals surface area (Å²) in [4.78, 5) is 26.1. The summed E-state index contributed by atoms with van der Waals surface area (Å²) in [5.74, 6) is -0.800. The molecule has 1 atom stereocenters. The first-order valence-electron chi connectivity index (χ1n) is 7.04. The number of carbonyl (C=O) groups is 1. The third-order valence-corrected chi connectivity index (χ3v) is 4.58. The van der Waals surface area contributed by atoms with Crippen LogP contribution in [0.3, 0.4) is 0 Å². The summed E-state index contributed by atoms with van der Waals surface area (Å²) in [7, 11) is 0. The maximum Gasteiger partial charge on any atom is 0.341 e. The number of H-pyrrole nitrogens is 1. The maximum absolute atomic E-state index is 12.2. The second-order valence-corrected chi connectivity index (χ2v) is 6.93. The summed E-state index contributed by atoms with van der Waals surface area (Å²) < 4.78 is 0.859. The van der Waals surface area contributed by atoms with Gasteiger partial charge in [0.05, 0.1) is 0 Å². The normalized spacial score (nSPS) is 12.8. The average Bonchev–Trinajstić information content (AvgIpc) is 2.45. The number of aliphatic hydroxyl groups excluding tert-OH is 1. The van der Waals surface area contributed by atoms with Crippen LogP contribution >= 0.6 is 22.6 Å². The lowest BCUT2D eigenvalue weighted by Crippen LogP contribution is -2.16. The lowest BCUT2D eigenvalue weighted by atomic mass is 9.90. The molecule has 0 saturated carbocycles. The Morgan fingerprint density at radius 2 is 2.05 bits per heavy atom. The van der Waals surface area contributed by atoms with Crippen molar-refractivity contribution in [3.05, 3.63) is 43.2 Å². The Kier molecular flexibility index (Phi) is 5.23. The van der Waals surface area contributed by atoms with Gasteiger partial charge in [0.1, 0.15) is 5.56 Å². The molecule has 0 aliphatic rings. The van der Waals surface area contributed by atoms with E-state index in [1.807, 2.05) is 6.07 Å². The van der Waals surface area contributed by atoms with Crippen molar-refractivity contribution in [2.24, 2.45) is 5.92 Å². The van der Waals surface area contributed by atoms with E-state index in [1.54, 1.807) is 6.07 Å². The summed E-state index contributed by atoms with van der Waals surface area (Å²) in [5.41, 5.74) is 0.808. The molecule has 2 rings (SSSR count). The number of pyridine rings is 1. The molecular weight excluding hydrogens is 397 g/mol. The highest BCUT2D eigenvalue weighted by atomic mass is 127. The molecule has 2 aromatic rings. The van der Waals surface area contributed by atoms with E-state index in [0.717, 1.165) is 15.6 Å². The van der Waals surface area contributed by atoms with E-state index in [0.29, 0.717) is 16.8 Å². The molecule has 5 nitrogen and oxygen atoms in total. The van der Waals surface area contributed by atoms with E-state index in [4.69, 9.17) is 5.11 Å². The predicted molar refractivity (Wildman–Crippen MR) is 93.5 cm³/mol. The number of aliphatic hydroxyl groups is 1. The second kappa shape index (κ2) is 6.78. The Labute approximate surface area is 141 Å². The van der Waals surface area contributed by atoms with Gasteiger partial charge in [0.2, 0.25) is 5.43 Å². The van der Waals surface area contributed by atoms with Crippen LogP contribution in [0.25, 0.3) is 10.9 Å². The largest absolute Gasteiger partial charge is 0.477 e. The van der Waals surface area contributed by atoms with Crippen molar-refractivity contribution in [3.63, 3.8) is 0 Å². The van der Waals surface area contributed by atoms with Crippen molar-refractivity contribution >= 4 is 39.5 Å². The Morgan fingerprint density at radius 3 is 2.59 bits per heavy atom. The van der Waals surface area contributed by atoms with Gasteiger partial charge in [-0.1, -0.05) is 13.8 Å². The Morgan fingerprint density at radius 1 is 1.36 bits per heavy atom. The standard InChI is InChI=1S/C16H18INO4/c1-8(2)3-9(7-19)10-5-14-11(4-13(10)17)15(20)12(6-18-14)16(21)22/h4-6,8-9,19H,3,7H2,1-2H3,(H,18,20)(H,21,22). The number of hydrogen-bond donors (Lipinski definition) is 3. The summed E-state index contributed by atoms with van der Waals surface area (Å²) in [6.07, 6.45) is 2.06. The first-order chi connectivity index (χ1) is 10.3. The molecule has 6 heteroatoms. The molecule has 1 unspecified atom stereocenters. The molecule has 1 aromatic carbocycles. The number of halogens is 1. The van der Waals surface area contributed by atoms with E-state index in [1.165, 1.54) is 6.20 Å². The number of hydrogen-bond acceptors (Lipinski definition) is 3. The van der Waals surface area contributed by atoms with Crippen LogP contribution < -0.4 is 5.43 Å². The summed E-state index contributed by atoms with van der Waals surface area (Å²) in [5, 5.41) is 19.0. The van der Waals surface area contributed by atoms with Gasteiger partial charge in [-0.05, 0) is 52.6 Å². The lowest BCUT2D eigenvalue weighted by Gasteiger charge is -2.19. The first kappa shape index (κ1) is 17.0. The number of aromatic amines is 1. The molecule has 0 radical (unpaired) electrons. The van der Waals surface area contributed by atoms with Crippen LogP contribution in [0.15, 0.2) is 23.1 Å². The van der Waals surface area contributed by atoms with Gasteiger partial charge in [-0.25, -0.2) is 4.79 Å². The van der Waals surface area contributed by atoms with Gasteiger partial charge in [0.25, 0.3) is 0 Å². The minimum absolute atomic E-state index is 0.000970. The van der Waals surface area contributed by atoms with Gasteiger partial charge in [-0.3, -0.25) is 4.79 Å². The van der Waals surface area contributed by atoms with Crippen molar-refractivity contribution in [1.29, 1.82) is 0 Å². The number of aromatic nitrogens is 1. The van der Waals surface area contributed by atoms with Crippen molar-refractivity contribution in [1.82, 2.24) is 4.98 Å². The zero-order valence-corrected chi connectivity index (χ0v) is 14.5. The molecule has 0 fully saturated rings. The average molecular weight is 415 g/mol. The Hall–Kier alpha value is -1.41. The van der Waals surface area contributed by atoms with Crippen molar-refractivity contribution < 1.29 is 15.0 Å². The molecule has 1 heterocycles. The van der Waals surface area contributed by atoms with Crippen LogP contribution in [0.2, 0.25) is 0 Å². The fraction of sp³-hybridized carbons (Fsp3) is 0.375. The molecule has 0 spiro atoms. The van der Waals surface area contributed by atoms with Crippen LogP contribution in [0.1, 0.15) is 42.1 Å². The molecule has 0 saturated heterocycles. The molecule has 0 aliphatic carbocycles. The number of carboxylic acid groups (broad SMARTS) is 1. The number of fused-ring (bicyclic) bond motifs is 1.